The lowest BCUT2D eigenvalue weighted by Gasteiger charge is -2.35. The van der Waals surface area contributed by atoms with Crippen molar-refractivity contribution in [1.82, 2.24) is 19.9 Å². The average Bonchev–Trinajstić information content (AvgIpc) is 2.70. The molecule has 132 valence electrons. The summed E-state index contributed by atoms with van der Waals surface area (Å²) in [5, 5.41) is 0. The van der Waals surface area contributed by atoms with Gasteiger partial charge < -0.3 is 4.90 Å². The van der Waals surface area contributed by atoms with E-state index in [-0.39, 0.29) is 5.82 Å². The first-order valence-corrected chi connectivity index (χ1v) is 8.74. The Hall–Kier alpha value is -2.86. The normalized spacial score (nSPS) is 15.2. The van der Waals surface area contributed by atoms with E-state index in [4.69, 9.17) is 0 Å². The predicted molar refractivity (Wildman–Crippen MR) is 99.2 cm³/mol. The van der Waals surface area contributed by atoms with E-state index in [1.165, 1.54) is 6.33 Å². The summed E-state index contributed by atoms with van der Waals surface area (Å²) in [5.74, 6) is 0.0354. The minimum Gasteiger partial charge on any atom is -0.352 e. The molecule has 0 aliphatic carbocycles. The van der Waals surface area contributed by atoms with Crippen molar-refractivity contribution in [2.75, 3.05) is 31.1 Å². The van der Waals surface area contributed by atoms with Gasteiger partial charge in [-0.15, -0.1) is 0 Å². The first kappa shape index (κ1) is 16.6. The Bertz CT molecular complexity index is 849. The Morgan fingerprint density at radius 2 is 1.62 bits per heavy atom. The van der Waals surface area contributed by atoms with E-state index in [0.717, 1.165) is 44.0 Å². The van der Waals surface area contributed by atoms with Crippen molar-refractivity contribution in [2.45, 2.75) is 6.54 Å². The second-order valence-corrected chi connectivity index (χ2v) is 6.31. The first-order chi connectivity index (χ1) is 12.8. The third-order valence-electron chi connectivity index (χ3n) is 4.60. The van der Waals surface area contributed by atoms with Crippen LogP contribution in [0.25, 0.3) is 11.3 Å². The van der Waals surface area contributed by atoms with Gasteiger partial charge in [0, 0.05) is 44.5 Å². The third-order valence-corrected chi connectivity index (χ3v) is 4.60. The fourth-order valence-electron chi connectivity index (χ4n) is 3.22. The number of benzene rings is 1. The topological polar surface area (TPSA) is 45.2 Å². The second kappa shape index (κ2) is 7.58. The number of hydrogen-bond donors (Lipinski definition) is 0. The monoisotopic (exact) mass is 349 g/mol. The SMILES string of the molecule is Fc1c(-c2ccccc2)ncnc1N1CCN(Cc2ccccn2)CC1. The maximum absolute atomic E-state index is 15.0. The van der Waals surface area contributed by atoms with Gasteiger partial charge in [-0.05, 0) is 12.1 Å². The molecule has 0 unspecified atom stereocenters. The standard InChI is InChI=1S/C20H20FN5/c21-18-19(16-6-2-1-3-7-16)23-15-24-20(18)26-12-10-25(11-13-26)14-17-8-4-5-9-22-17/h1-9,15H,10-14H2. The molecule has 1 saturated heterocycles. The maximum Gasteiger partial charge on any atom is 0.191 e. The highest BCUT2D eigenvalue weighted by atomic mass is 19.1. The van der Waals surface area contributed by atoms with E-state index >= 15 is 0 Å². The Balaban J connectivity index is 1.46. The van der Waals surface area contributed by atoms with Crippen LogP contribution in [0.4, 0.5) is 10.2 Å². The predicted octanol–water partition coefficient (Wildman–Crippen LogP) is 3.00. The van der Waals surface area contributed by atoms with Gasteiger partial charge in [-0.1, -0.05) is 36.4 Å². The van der Waals surface area contributed by atoms with Crippen molar-refractivity contribution in [3.05, 3.63) is 72.6 Å². The minimum atomic E-state index is -0.350. The van der Waals surface area contributed by atoms with Crippen LogP contribution in [0.3, 0.4) is 0 Å². The summed E-state index contributed by atoms with van der Waals surface area (Å²) in [4.78, 5) is 17.1. The fraction of sp³-hybridized carbons (Fsp3) is 0.250. The molecule has 0 spiro atoms. The van der Waals surface area contributed by atoms with Gasteiger partial charge >= 0.3 is 0 Å². The smallest absolute Gasteiger partial charge is 0.191 e. The molecule has 0 N–H and O–H groups in total. The van der Waals surface area contributed by atoms with Crippen molar-refractivity contribution in [3.8, 4) is 11.3 Å². The number of pyridine rings is 1. The summed E-state index contributed by atoms with van der Waals surface area (Å²) in [5.41, 5.74) is 2.18. The molecule has 0 bridgehead atoms. The molecule has 6 heteroatoms. The van der Waals surface area contributed by atoms with Crippen LogP contribution in [0.1, 0.15) is 5.69 Å². The van der Waals surface area contributed by atoms with E-state index in [1.807, 2.05) is 59.6 Å². The zero-order chi connectivity index (χ0) is 17.8. The number of halogens is 1. The highest BCUT2D eigenvalue weighted by molar-refractivity contribution is 5.63. The molecule has 1 aromatic carbocycles. The largest absolute Gasteiger partial charge is 0.352 e. The molecular weight excluding hydrogens is 329 g/mol. The summed E-state index contributed by atoms with van der Waals surface area (Å²) < 4.78 is 15.0. The summed E-state index contributed by atoms with van der Waals surface area (Å²) in [7, 11) is 0. The molecule has 0 amide bonds. The third kappa shape index (κ3) is 3.55. The van der Waals surface area contributed by atoms with E-state index in [0.29, 0.717) is 11.5 Å². The van der Waals surface area contributed by atoms with Crippen molar-refractivity contribution < 1.29 is 4.39 Å². The summed E-state index contributed by atoms with van der Waals surface area (Å²) in [6.07, 6.45) is 3.26. The van der Waals surface area contributed by atoms with Gasteiger partial charge in [0.25, 0.3) is 0 Å². The van der Waals surface area contributed by atoms with Gasteiger partial charge in [0.2, 0.25) is 0 Å². The first-order valence-electron chi connectivity index (χ1n) is 8.74. The van der Waals surface area contributed by atoms with Crippen LogP contribution in [0, 0.1) is 5.82 Å². The van der Waals surface area contributed by atoms with Gasteiger partial charge in [-0.25, -0.2) is 14.4 Å². The molecule has 0 radical (unpaired) electrons. The average molecular weight is 349 g/mol. The lowest BCUT2D eigenvalue weighted by atomic mass is 10.1. The molecule has 3 aromatic rings. The number of rotatable bonds is 4. The summed E-state index contributed by atoms with van der Waals surface area (Å²) in [6.45, 7) is 3.97. The van der Waals surface area contributed by atoms with Crippen molar-refractivity contribution >= 4 is 5.82 Å². The van der Waals surface area contributed by atoms with Gasteiger partial charge in [0.15, 0.2) is 11.6 Å². The molecule has 5 nitrogen and oxygen atoms in total. The molecule has 1 fully saturated rings. The van der Waals surface area contributed by atoms with E-state index in [2.05, 4.69) is 19.9 Å². The summed E-state index contributed by atoms with van der Waals surface area (Å²) >= 11 is 0. The Morgan fingerprint density at radius 1 is 0.846 bits per heavy atom. The molecule has 3 heterocycles. The molecule has 0 saturated carbocycles. The van der Waals surface area contributed by atoms with Crippen LogP contribution in [0.2, 0.25) is 0 Å². The molecular formula is C20H20FN5. The van der Waals surface area contributed by atoms with Crippen LogP contribution < -0.4 is 4.90 Å². The molecule has 1 aliphatic heterocycles. The highest BCUT2D eigenvalue weighted by Gasteiger charge is 2.23. The van der Waals surface area contributed by atoms with Crippen LogP contribution in [0.15, 0.2) is 61.1 Å². The van der Waals surface area contributed by atoms with Gasteiger partial charge in [-0.2, -0.15) is 0 Å². The molecule has 1 aliphatic rings. The number of piperazine rings is 1. The molecule has 2 aromatic heterocycles. The highest BCUT2D eigenvalue weighted by Crippen LogP contribution is 2.26. The number of aromatic nitrogens is 3. The Morgan fingerprint density at radius 3 is 2.35 bits per heavy atom. The lowest BCUT2D eigenvalue weighted by Crippen LogP contribution is -2.46. The Labute approximate surface area is 152 Å². The summed E-state index contributed by atoms with van der Waals surface area (Å²) in [6, 6.07) is 15.3. The van der Waals surface area contributed by atoms with Crippen LogP contribution in [-0.4, -0.2) is 46.0 Å². The van der Waals surface area contributed by atoms with E-state index in [9.17, 15) is 4.39 Å². The van der Waals surface area contributed by atoms with Gasteiger partial charge in [0.1, 0.15) is 12.0 Å². The zero-order valence-corrected chi connectivity index (χ0v) is 14.4. The van der Waals surface area contributed by atoms with Crippen molar-refractivity contribution in [2.24, 2.45) is 0 Å². The zero-order valence-electron chi connectivity index (χ0n) is 14.4. The molecule has 0 atom stereocenters. The quantitative estimate of drug-likeness (QED) is 0.725. The second-order valence-electron chi connectivity index (χ2n) is 6.31. The van der Waals surface area contributed by atoms with Gasteiger partial charge in [-0.3, -0.25) is 9.88 Å². The fourth-order valence-corrected chi connectivity index (χ4v) is 3.22. The van der Waals surface area contributed by atoms with Gasteiger partial charge in [0.05, 0.1) is 5.69 Å². The van der Waals surface area contributed by atoms with Crippen LogP contribution in [0.5, 0.6) is 0 Å². The van der Waals surface area contributed by atoms with E-state index < -0.39 is 0 Å². The number of anilines is 1. The number of nitrogens with zero attached hydrogens (tertiary/aromatic N) is 5. The van der Waals surface area contributed by atoms with E-state index in [1.54, 1.807) is 0 Å². The maximum atomic E-state index is 15.0. The van der Waals surface area contributed by atoms with Crippen molar-refractivity contribution in [1.29, 1.82) is 0 Å². The van der Waals surface area contributed by atoms with Crippen LogP contribution >= 0.6 is 0 Å². The molecule has 26 heavy (non-hydrogen) atoms. The Kier molecular flexibility index (Phi) is 4.84. The lowest BCUT2D eigenvalue weighted by molar-refractivity contribution is 0.246. The minimum absolute atomic E-state index is 0.350. The number of hydrogen-bond acceptors (Lipinski definition) is 5. The van der Waals surface area contributed by atoms with Crippen molar-refractivity contribution in [3.63, 3.8) is 0 Å². The molecule has 4 rings (SSSR count). The van der Waals surface area contributed by atoms with Crippen LogP contribution in [-0.2, 0) is 6.54 Å².